The van der Waals surface area contributed by atoms with E-state index < -0.39 is 10.9 Å². The van der Waals surface area contributed by atoms with E-state index in [1.54, 1.807) is 0 Å². The Morgan fingerprint density at radius 1 is 0.231 bits per heavy atom. The molecule has 0 fully saturated rings. The molecule has 39 heavy (non-hydrogen) atoms. The molecule has 0 saturated carbocycles. The molecule has 0 aromatic heterocycles. The number of hydrogen-bond donors (Lipinski definition) is 0. The number of hydrogen-bond acceptors (Lipinski definition) is 0. The number of rotatable bonds is 8. The molecule has 0 saturated heterocycles. The van der Waals surface area contributed by atoms with Crippen LogP contribution in [0.2, 0.25) is 0 Å². The van der Waals surface area contributed by atoms with Crippen LogP contribution in [0.5, 0.6) is 0 Å². The molecule has 0 aliphatic heterocycles. The Labute approximate surface area is 240 Å². The van der Waals surface area contributed by atoms with Crippen molar-refractivity contribution in [3.63, 3.8) is 0 Å². The van der Waals surface area contributed by atoms with Crippen molar-refractivity contribution in [1.29, 1.82) is 0 Å². The Kier molecular flexibility index (Phi) is 7.98. The van der Waals surface area contributed by atoms with Crippen molar-refractivity contribution >= 4 is 42.7 Å². The van der Waals surface area contributed by atoms with Crippen LogP contribution in [0.25, 0.3) is 0 Å². The summed E-state index contributed by atoms with van der Waals surface area (Å²) < 4.78 is 0. The molecular formula is C36H32P2Pd. The van der Waals surface area contributed by atoms with Gasteiger partial charge in [0.2, 0.25) is 0 Å². The Morgan fingerprint density at radius 3 is 0.538 bits per heavy atom. The molecule has 0 bridgehead atoms. The van der Waals surface area contributed by atoms with Crippen LogP contribution in [0.3, 0.4) is 0 Å². The summed E-state index contributed by atoms with van der Waals surface area (Å²) >= 11 is 0.381. The summed E-state index contributed by atoms with van der Waals surface area (Å²) in [6.07, 6.45) is 0. The molecule has 0 atom stereocenters. The maximum absolute atomic E-state index is 2.50. The van der Waals surface area contributed by atoms with Gasteiger partial charge in [0.05, 0.1) is 0 Å². The van der Waals surface area contributed by atoms with Crippen molar-refractivity contribution in [3.8, 4) is 0 Å². The molecular weight excluding hydrogens is 601 g/mol. The van der Waals surface area contributed by atoms with Crippen molar-refractivity contribution in [3.05, 3.63) is 182 Å². The van der Waals surface area contributed by atoms with Gasteiger partial charge < -0.3 is 0 Å². The average molecular weight is 633 g/mol. The Balaban J connectivity index is 1.76. The SMILES string of the molecule is c1ccc([PH]([Pd][PH](c2ccccc2)(c2ccccc2)c2ccccc2)(c2ccccc2)c2ccccc2)cc1. The molecule has 0 heterocycles. The van der Waals surface area contributed by atoms with E-state index in [4.69, 9.17) is 0 Å². The van der Waals surface area contributed by atoms with Crippen molar-refractivity contribution < 1.29 is 17.0 Å². The second kappa shape index (κ2) is 11.9. The van der Waals surface area contributed by atoms with Gasteiger partial charge in [-0.05, 0) is 0 Å². The van der Waals surface area contributed by atoms with Crippen molar-refractivity contribution in [2.45, 2.75) is 0 Å². The Bertz CT molecular complexity index is 1270. The summed E-state index contributed by atoms with van der Waals surface area (Å²) in [6, 6.07) is 68.4. The third-order valence-corrected chi connectivity index (χ3v) is 34.2. The Hall–Kier alpha value is -3.16. The van der Waals surface area contributed by atoms with Crippen molar-refractivity contribution in [1.82, 2.24) is 0 Å². The zero-order valence-electron chi connectivity index (χ0n) is 21.6. The summed E-state index contributed by atoms with van der Waals surface area (Å²) in [7, 11) is 0. The zero-order valence-corrected chi connectivity index (χ0v) is 25.2. The molecule has 196 valence electrons. The second-order valence-electron chi connectivity index (χ2n) is 9.50. The molecule has 6 aromatic carbocycles. The van der Waals surface area contributed by atoms with E-state index in [1.165, 1.54) is 31.8 Å². The van der Waals surface area contributed by atoms with Gasteiger partial charge in [0.25, 0.3) is 0 Å². The second-order valence-corrected chi connectivity index (χ2v) is 26.5. The fraction of sp³-hybridized carbons (Fsp3) is 0. The monoisotopic (exact) mass is 632 g/mol. The van der Waals surface area contributed by atoms with Gasteiger partial charge in [-0.2, -0.15) is 0 Å². The summed E-state index contributed by atoms with van der Waals surface area (Å²) in [5.74, 6) is 0. The number of benzene rings is 6. The van der Waals surface area contributed by atoms with Gasteiger partial charge in [-0.3, -0.25) is 0 Å². The third-order valence-electron chi connectivity index (χ3n) is 7.16. The van der Waals surface area contributed by atoms with Gasteiger partial charge in [-0.25, -0.2) is 0 Å². The van der Waals surface area contributed by atoms with Gasteiger partial charge in [0.15, 0.2) is 0 Å². The standard InChI is InChI=1S/2C18H15P.Pd/c2*1-4-10-16(11-5-1)19(17-12-6-2-7-13-17)18-14-8-3-9-15-18;/h2*1-15H;/q;;-2/p+2. The van der Waals surface area contributed by atoms with E-state index in [1.807, 2.05) is 0 Å². The molecule has 3 heteroatoms. The van der Waals surface area contributed by atoms with E-state index in [9.17, 15) is 0 Å². The maximum atomic E-state index is 2.39. The first-order valence-electron chi connectivity index (χ1n) is 13.3. The van der Waals surface area contributed by atoms with Crippen LogP contribution in [0.4, 0.5) is 0 Å². The molecule has 0 aliphatic rings. The first kappa shape index (κ1) is 26.1. The Morgan fingerprint density at radius 2 is 0.385 bits per heavy atom. The van der Waals surface area contributed by atoms with E-state index in [-0.39, 0.29) is 0 Å². The first-order valence-corrected chi connectivity index (χ1v) is 21.6. The quantitative estimate of drug-likeness (QED) is 0.136. The summed E-state index contributed by atoms with van der Waals surface area (Å²) in [5, 5.41) is 8.89. The minimum atomic E-state index is -2.50. The predicted octanol–water partition coefficient (Wildman–Crippen LogP) is 6.35. The van der Waals surface area contributed by atoms with Crippen LogP contribution in [-0.4, -0.2) is 0 Å². The van der Waals surface area contributed by atoms with Crippen LogP contribution in [0, 0.1) is 0 Å². The van der Waals surface area contributed by atoms with Gasteiger partial charge in [-0.15, -0.1) is 0 Å². The molecule has 6 rings (SSSR count). The van der Waals surface area contributed by atoms with E-state index >= 15 is 0 Å². The van der Waals surface area contributed by atoms with Crippen LogP contribution in [0.15, 0.2) is 182 Å². The normalized spacial score (nSPS) is 12.6. The van der Waals surface area contributed by atoms with Crippen LogP contribution in [0.1, 0.15) is 0 Å². The molecule has 0 radical (unpaired) electrons. The van der Waals surface area contributed by atoms with Gasteiger partial charge in [0.1, 0.15) is 0 Å². The summed E-state index contributed by atoms with van der Waals surface area (Å²) in [4.78, 5) is 0. The van der Waals surface area contributed by atoms with Crippen molar-refractivity contribution in [2.75, 3.05) is 0 Å². The fourth-order valence-electron chi connectivity index (χ4n) is 5.40. The van der Waals surface area contributed by atoms with Gasteiger partial charge in [0, 0.05) is 0 Å². The molecule has 0 unspecified atom stereocenters. The average Bonchev–Trinajstić information content (AvgIpc) is 3.04. The third kappa shape index (κ3) is 4.98. The summed E-state index contributed by atoms with van der Waals surface area (Å²) in [6.45, 7) is 0. The topological polar surface area (TPSA) is 0 Å². The molecule has 0 nitrogen and oxygen atoms in total. The first-order chi connectivity index (χ1) is 19.3. The van der Waals surface area contributed by atoms with E-state index in [0.29, 0.717) is 17.0 Å². The zero-order chi connectivity index (χ0) is 26.4. The molecule has 0 aliphatic carbocycles. The molecule has 0 spiro atoms. The minimum absolute atomic E-state index is 0.381. The van der Waals surface area contributed by atoms with Gasteiger partial charge in [-0.1, -0.05) is 0 Å². The molecule has 0 amide bonds. The van der Waals surface area contributed by atoms with Crippen LogP contribution >= 0.6 is 10.9 Å². The predicted molar refractivity (Wildman–Crippen MR) is 173 cm³/mol. The summed E-state index contributed by atoms with van der Waals surface area (Å²) in [5.41, 5.74) is -4.99. The van der Waals surface area contributed by atoms with E-state index in [2.05, 4.69) is 182 Å². The van der Waals surface area contributed by atoms with E-state index in [0.717, 1.165) is 0 Å². The van der Waals surface area contributed by atoms with Gasteiger partial charge >= 0.3 is 242 Å². The molecule has 6 aromatic rings. The van der Waals surface area contributed by atoms with Crippen molar-refractivity contribution in [2.24, 2.45) is 0 Å². The van der Waals surface area contributed by atoms with Crippen LogP contribution in [-0.2, 0) is 17.0 Å². The van der Waals surface area contributed by atoms with Crippen LogP contribution < -0.4 is 31.8 Å². The molecule has 0 N–H and O–H groups in total. The fourth-order valence-corrected chi connectivity index (χ4v) is 39.4.